The Morgan fingerprint density at radius 1 is 0.918 bits per heavy atom. The topological polar surface area (TPSA) is 217 Å². The summed E-state index contributed by atoms with van der Waals surface area (Å²) in [6.07, 6.45) is 11.6. The predicted octanol–water partition coefficient (Wildman–Crippen LogP) is 3.30. The van der Waals surface area contributed by atoms with Crippen molar-refractivity contribution in [2.24, 2.45) is 11.7 Å². The number of unbranched alkanes of at least 4 members (excludes halogenated alkanes) is 4. The Labute approximate surface area is 362 Å². The standard InChI is InChI=1S/C45H61N7O8S/c1-45(2)39(52-36(55)20-11-12-21-37(52)61-45)43(59)48-32(22-24-34(46)53)40(56)50-38(29-16-9-7-10-17-29)42(58)47-26-13-6-4-3-5-8-15-28-18-14-19-30-31(28)27-51(44(30)60)33-23-25-35(54)49-41(33)57/h14,18-19,29,32-33,37-39H,3-7,9-13,16-17,20-27H2,1-2H3,(H2,46,53)(H,47,58)(H,48,59)(H,50,56)(H,49,54,57)/t32-,33?,37+,38-,39+/m0/s1. The molecule has 0 bridgehead atoms. The lowest BCUT2D eigenvalue weighted by atomic mass is 9.83. The number of piperidine rings is 1. The van der Waals surface area contributed by atoms with Crippen LogP contribution in [0.5, 0.6) is 0 Å². The molecule has 6 N–H and O–H groups in total. The fourth-order valence-corrected chi connectivity index (χ4v) is 11.1. The summed E-state index contributed by atoms with van der Waals surface area (Å²) in [6.45, 7) is 4.57. The second kappa shape index (κ2) is 20.8. The van der Waals surface area contributed by atoms with Crippen molar-refractivity contribution in [1.29, 1.82) is 0 Å². The van der Waals surface area contributed by atoms with Gasteiger partial charge in [0.05, 0.1) is 5.37 Å². The van der Waals surface area contributed by atoms with Gasteiger partial charge in [-0.2, -0.15) is 0 Å². The van der Waals surface area contributed by atoms with Gasteiger partial charge < -0.3 is 31.5 Å². The molecule has 6 rings (SSSR count). The molecule has 1 aromatic rings. The third-order valence-electron chi connectivity index (χ3n) is 12.7. The van der Waals surface area contributed by atoms with Crippen molar-refractivity contribution in [3.63, 3.8) is 0 Å². The van der Waals surface area contributed by atoms with Gasteiger partial charge in [0.2, 0.25) is 41.4 Å². The smallest absolute Gasteiger partial charge is 0.255 e. The monoisotopic (exact) mass is 859 g/mol. The highest BCUT2D eigenvalue weighted by Gasteiger charge is 2.53. The molecule has 3 saturated heterocycles. The van der Waals surface area contributed by atoms with Crippen LogP contribution < -0.4 is 27.0 Å². The summed E-state index contributed by atoms with van der Waals surface area (Å²) in [5, 5.41) is 11.1. The van der Waals surface area contributed by atoms with Crippen molar-refractivity contribution in [2.45, 2.75) is 170 Å². The van der Waals surface area contributed by atoms with Crippen molar-refractivity contribution in [3.8, 4) is 11.8 Å². The van der Waals surface area contributed by atoms with Crippen LogP contribution in [0.3, 0.4) is 0 Å². The number of benzene rings is 1. The fourth-order valence-electron chi connectivity index (χ4n) is 9.44. The van der Waals surface area contributed by atoms with E-state index in [1.165, 1.54) is 4.90 Å². The quantitative estimate of drug-likeness (QED) is 0.0935. The van der Waals surface area contributed by atoms with Crippen molar-refractivity contribution in [2.75, 3.05) is 6.54 Å². The first-order chi connectivity index (χ1) is 29.2. The number of nitrogens with one attached hydrogen (secondary N) is 4. The molecular formula is C45H61N7O8S. The van der Waals surface area contributed by atoms with Crippen LogP contribution >= 0.6 is 11.8 Å². The molecule has 330 valence electrons. The highest BCUT2D eigenvalue weighted by molar-refractivity contribution is 8.01. The minimum Gasteiger partial charge on any atom is -0.370 e. The van der Waals surface area contributed by atoms with Gasteiger partial charge >= 0.3 is 0 Å². The molecule has 1 saturated carbocycles. The van der Waals surface area contributed by atoms with Gasteiger partial charge in [0.15, 0.2) is 0 Å². The van der Waals surface area contributed by atoms with E-state index < -0.39 is 52.5 Å². The molecule has 5 atom stereocenters. The number of hydrogen-bond donors (Lipinski definition) is 5. The van der Waals surface area contributed by atoms with Gasteiger partial charge in [-0.1, -0.05) is 56.4 Å². The molecule has 0 radical (unpaired) electrons. The van der Waals surface area contributed by atoms with Gasteiger partial charge in [-0.25, -0.2) is 0 Å². The van der Waals surface area contributed by atoms with Gasteiger partial charge in [0, 0.05) is 54.6 Å². The average Bonchev–Trinajstić information content (AvgIpc) is 3.64. The summed E-state index contributed by atoms with van der Waals surface area (Å²) in [5.41, 5.74) is 7.56. The molecule has 61 heavy (non-hydrogen) atoms. The summed E-state index contributed by atoms with van der Waals surface area (Å²) in [6, 6.07) is 2.01. The number of rotatable bonds is 16. The van der Waals surface area contributed by atoms with Crippen LogP contribution in [-0.4, -0.2) is 97.9 Å². The lowest BCUT2D eigenvalue weighted by Crippen LogP contribution is -2.60. The Morgan fingerprint density at radius 3 is 2.43 bits per heavy atom. The number of amides is 8. The van der Waals surface area contributed by atoms with E-state index >= 15 is 0 Å². The third-order valence-corrected chi connectivity index (χ3v) is 14.2. The molecule has 1 aromatic carbocycles. The molecule has 0 aromatic heterocycles. The normalized spacial score (nSPS) is 23.4. The van der Waals surface area contributed by atoms with Crippen molar-refractivity contribution in [1.82, 2.24) is 31.1 Å². The summed E-state index contributed by atoms with van der Waals surface area (Å²) < 4.78 is -0.597. The summed E-state index contributed by atoms with van der Waals surface area (Å²) in [5.74, 6) is 3.39. The van der Waals surface area contributed by atoms with Crippen molar-refractivity contribution in [3.05, 3.63) is 34.9 Å². The zero-order chi connectivity index (χ0) is 43.7. The number of nitrogens with zero attached hydrogens (tertiary/aromatic N) is 2. The minimum atomic E-state index is -1.12. The highest BCUT2D eigenvalue weighted by Crippen LogP contribution is 2.47. The minimum absolute atomic E-state index is 0.0374. The highest BCUT2D eigenvalue weighted by atomic mass is 32.2. The molecule has 1 unspecified atom stereocenters. The fraction of sp³-hybridized carbons (Fsp3) is 0.644. The summed E-state index contributed by atoms with van der Waals surface area (Å²) in [4.78, 5) is 107. The number of primary amides is 1. The first kappa shape index (κ1) is 45.6. The second-order valence-electron chi connectivity index (χ2n) is 17.6. The Hall–Kier alpha value is -4.91. The molecule has 0 spiro atoms. The number of hydrogen-bond acceptors (Lipinski definition) is 9. The molecule has 1 aliphatic carbocycles. The number of carbonyl (C=O) groups is 8. The maximum absolute atomic E-state index is 14.0. The van der Waals surface area contributed by atoms with E-state index in [0.29, 0.717) is 31.4 Å². The average molecular weight is 860 g/mol. The molecule has 4 heterocycles. The Bertz CT molecular complexity index is 1940. The molecule has 15 nitrogen and oxygen atoms in total. The molecular weight excluding hydrogens is 799 g/mol. The van der Waals surface area contributed by atoms with E-state index in [1.54, 1.807) is 28.8 Å². The predicted molar refractivity (Wildman–Crippen MR) is 229 cm³/mol. The maximum atomic E-state index is 14.0. The summed E-state index contributed by atoms with van der Waals surface area (Å²) in [7, 11) is 0. The van der Waals surface area contributed by atoms with E-state index in [4.69, 9.17) is 5.73 Å². The van der Waals surface area contributed by atoms with E-state index in [-0.39, 0.29) is 60.7 Å². The van der Waals surface area contributed by atoms with E-state index in [2.05, 4.69) is 33.1 Å². The number of nitrogens with two attached hydrogens (primary N) is 1. The maximum Gasteiger partial charge on any atom is 0.255 e. The largest absolute Gasteiger partial charge is 0.370 e. The van der Waals surface area contributed by atoms with Crippen molar-refractivity contribution >= 4 is 59.0 Å². The van der Waals surface area contributed by atoms with Crippen LogP contribution in [0.2, 0.25) is 0 Å². The Balaban J connectivity index is 0.987. The Kier molecular flexibility index (Phi) is 15.5. The zero-order valence-corrected chi connectivity index (χ0v) is 36.3. The molecule has 5 aliphatic rings. The molecule has 16 heteroatoms. The first-order valence-corrected chi connectivity index (χ1v) is 23.0. The van der Waals surface area contributed by atoms with Crippen LogP contribution in [0.1, 0.15) is 151 Å². The van der Waals surface area contributed by atoms with Crippen LogP contribution in [0.15, 0.2) is 18.2 Å². The van der Waals surface area contributed by atoms with E-state index in [0.717, 1.165) is 88.2 Å². The van der Waals surface area contributed by atoms with Gasteiger partial charge in [-0.3, -0.25) is 43.7 Å². The third kappa shape index (κ3) is 11.3. The van der Waals surface area contributed by atoms with E-state index in [1.807, 2.05) is 19.9 Å². The summed E-state index contributed by atoms with van der Waals surface area (Å²) >= 11 is 1.60. The Morgan fingerprint density at radius 2 is 1.67 bits per heavy atom. The zero-order valence-electron chi connectivity index (χ0n) is 35.5. The van der Waals surface area contributed by atoms with Crippen LogP contribution in [0.4, 0.5) is 0 Å². The SMILES string of the molecule is CC1(C)S[C@@H]2CCCCC(=O)N2[C@@H]1C(=O)N[C@@H](CCC(N)=O)C(=O)N[C@H](C(=O)NCCCCCCC#Cc1cccc2c1CN(C1CCC(=O)NC1=O)C2=O)C1CCCCC1. The molecule has 4 fully saturated rings. The van der Waals surface area contributed by atoms with Crippen LogP contribution in [0.25, 0.3) is 0 Å². The van der Waals surface area contributed by atoms with Gasteiger partial charge in [0.1, 0.15) is 24.2 Å². The number of fused-ring (bicyclic) bond motifs is 2. The van der Waals surface area contributed by atoms with Gasteiger partial charge in [0.25, 0.3) is 5.91 Å². The molecule has 4 aliphatic heterocycles. The lowest BCUT2D eigenvalue weighted by molar-refractivity contribution is -0.142. The number of thioether (sulfide) groups is 1. The number of imide groups is 1. The molecule has 8 amide bonds. The second-order valence-corrected chi connectivity index (χ2v) is 19.4. The lowest BCUT2D eigenvalue weighted by Gasteiger charge is -2.34. The van der Waals surface area contributed by atoms with Crippen molar-refractivity contribution < 1.29 is 38.4 Å². The van der Waals surface area contributed by atoms with Crippen LogP contribution in [-0.2, 0) is 40.1 Å². The first-order valence-electron chi connectivity index (χ1n) is 22.2. The van der Waals surface area contributed by atoms with Crippen LogP contribution in [0, 0.1) is 17.8 Å². The number of carbonyl (C=O) groups excluding carboxylic acids is 8. The van der Waals surface area contributed by atoms with Gasteiger partial charge in [-0.05, 0) is 88.8 Å². The van der Waals surface area contributed by atoms with Gasteiger partial charge in [-0.15, -0.1) is 11.8 Å². The van der Waals surface area contributed by atoms with E-state index in [9.17, 15) is 38.4 Å².